The lowest BCUT2D eigenvalue weighted by molar-refractivity contribution is 0.285. The SMILES string of the molecule is CSC1C2=CC(C)CC(C2)CC1C. The second-order valence-corrected chi connectivity index (χ2v) is 5.87. The fourth-order valence-corrected chi connectivity index (χ4v) is 4.29. The van der Waals surface area contributed by atoms with E-state index in [0.717, 1.165) is 23.0 Å². The maximum absolute atomic E-state index is 2.55. The molecule has 0 amide bonds. The van der Waals surface area contributed by atoms with Gasteiger partial charge in [0.25, 0.3) is 0 Å². The minimum absolute atomic E-state index is 0.832. The van der Waals surface area contributed by atoms with Crippen molar-refractivity contribution >= 4 is 11.8 Å². The summed E-state index contributed by atoms with van der Waals surface area (Å²) < 4.78 is 0. The summed E-state index contributed by atoms with van der Waals surface area (Å²) in [6, 6.07) is 0. The van der Waals surface area contributed by atoms with Crippen molar-refractivity contribution < 1.29 is 0 Å². The molecule has 2 aliphatic rings. The largest absolute Gasteiger partial charge is 0.157 e. The van der Waals surface area contributed by atoms with Crippen molar-refractivity contribution in [2.24, 2.45) is 17.8 Å². The lowest BCUT2D eigenvalue weighted by Crippen LogP contribution is -2.31. The molecule has 0 aromatic heterocycles. The van der Waals surface area contributed by atoms with Gasteiger partial charge in [-0.05, 0) is 43.3 Å². The molecule has 2 aliphatic carbocycles. The number of thioether (sulfide) groups is 1. The van der Waals surface area contributed by atoms with Gasteiger partial charge < -0.3 is 0 Å². The van der Waals surface area contributed by atoms with Gasteiger partial charge in [-0.3, -0.25) is 0 Å². The Hall–Kier alpha value is 0.0900. The number of fused-ring (bicyclic) bond motifs is 2. The molecule has 0 heterocycles. The summed E-state index contributed by atoms with van der Waals surface area (Å²) in [6.45, 7) is 4.80. The van der Waals surface area contributed by atoms with Gasteiger partial charge in [0.15, 0.2) is 0 Å². The van der Waals surface area contributed by atoms with Crippen LogP contribution in [0.25, 0.3) is 0 Å². The molecule has 0 spiro atoms. The molecule has 4 atom stereocenters. The van der Waals surface area contributed by atoms with Gasteiger partial charge in [-0.1, -0.05) is 25.5 Å². The molecule has 0 N–H and O–H groups in total. The van der Waals surface area contributed by atoms with E-state index in [0.29, 0.717) is 0 Å². The lowest BCUT2D eigenvalue weighted by Gasteiger charge is -2.40. The minimum Gasteiger partial charge on any atom is -0.157 e. The van der Waals surface area contributed by atoms with Gasteiger partial charge in [0, 0.05) is 5.25 Å². The second kappa shape index (κ2) is 3.68. The Morgan fingerprint density at radius 2 is 2.08 bits per heavy atom. The Morgan fingerprint density at radius 3 is 2.77 bits per heavy atom. The molecule has 0 saturated heterocycles. The standard InChI is InChI=1S/C12H20S/c1-8-4-10-6-9(2)12(13-3)11(5-8)7-10/h5,8-10,12H,4,6-7H2,1-3H3. The van der Waals surface area contributed by atoms with Crippen LogP contribution in [-0.2, 0) is 0 Å². The summed E-state index contributed by atoms with van der Waals surface area (Å²) >= 11 is 2.06. The van der Waals surface area contributed by atoms with Gasteiger partial charge >= 0.3 is 0 Å². The van der Waals surface area contributed by atoms with E-state index in [-0.39, 0.29) is 0 Å². The van der Waals surface area contributed by atoms with Gasteiger partial charge in [0.1, 0.15) is 0 Å². The third kappa shape index (κ3) is 1.81. The van der Waals surface area contributed by atoms with Crippen LogP contribution in [0.2, 0.25) is 0 Å². The van der Waals surface area contributed by atoms with Gasteiger partial charge in [0.05, 0.1) is 0 Å². The molecule has 1 heteroatoms. The third-order valence-electron chi connectivity index (χ3n) is 3.57. The van der Waals surface area contributed by atoms with Crippen LogP contribution in [-0.4, -0.2) is 11.5 Å². The second-order valence-electron chi connectivity index (χ2n) is 4.89. The maximum atomic E-state index is 2.55. The van der Waals surface area contributed by atoms with E-state index in [1.165, 1.54) is 19.3 Å². The van der Waals surface area contributed by atoms with Crippen molar-refractivity contribution in [1.82, 2.24) is 0 Å². The van der Waals surface area contributed by atoms with Crippen molar-refractivity contribution in [2.45, 2.75) is 38.4 Å². The Morgan fingerprint density at radius 1 is 1.31 bits per heavy atom. The average Bonchev–Trinajstić information content (AvgIpc) is 2.02. The van der Waals surface area contributed by atoms with Crippen LogP contribution in [0.4, 0.5) is 0 Å². The molecular weight excluding hydrogens is 176 g/mol. The Kier molecular flexibility index (Phi) is 2.73. The van der Waals surface area contributed by atoms with Crippen LogP contribution < -0.4 is 0 Å². The molecule has 1 saturated carbocycles. The molecule has 74 valence electrons. The zero-order valence-electron chi connectivity index (χ0n) is 8.92. The van der Waals surface area contributed by atoms with Gasteiger partial charge in [-0.15, -0.1) is 0 Å². The molecule has 0 nitrogen and oxygen atoms in total. The van der Waals surface area contributed by atoms with E-state index >= 15 is 0 Å². The number of hydrogen-bond acceptors (Lipinski definition) is 1. The first kappa shape index (κ1) is 9.64. The van der Waals surface area contributed by atoms with Crippen molar-refractivity contribution in [3.05, 3.63) is 11.6 Å². The smallest absolute Gasteiger partial charge is 0.0279 e. The average molecular weight is 196 g/mol. The van der Waals surface area contributed by atoms with Crippen LogP contribution in [0.3, 0.4) is 0 Å². The van der Waals surface area contributed by atoms with Crippen molar-refractivity contribution in [1.29, 1.82) is 0 Å². The number of rotatable bonds is 1. The summed E-state index contributed by atoms with van der Waals surface area (Å²) in [5, 5.41) is 0.832. The molecule has 2 rings (SSSR count). The fourth-order valence-electron chi connectivity index (χ4n) is 3.23. The highest BCUT2D eigenvalue weighted by molar-refractivity contribution is 7.99. The van der Waals surface area contributed by atoms with Crippen LogP contribution in [0.5, 0.6) is 0 Å². The van der Waals surface area contributed by atoms with Crippen LogP contribution in [0.1, 0.15) is 33.1 Å². The molecule has 2 bridgehead atoms. The molecule has 0 radical (unpaired) electrons. The minimum atomic E-state index is 0.832. The Labute approximate surface area is 86.2 Å². The molecule has 1 fully saturated rings. The zero-order chi connectivity index (χ0) is 9.42. The lowest BCUT2D eigenvalue weighted by atomic mass is 9.71. The van der Waals surface area contributed by atoms with Gasteiger partial charge in [-0.25, -0.2) is 0 Å². The summed E-state index contributed by atoms with van der Waals surface area (Å²) in [4.78, 5) is 0. The molecule has 0 aromatic rings. The molecule has 4 unspecified atom stereocenters. The topological polar surface area (TPSA) is 0 Å². The molecule has 0 aliphatic heterocycles. The van der Waals surface area contributed by atoms with Crippen molar-refractivity contribution in [3.63, 3.8) is 0 Å². The highest BCUT2D eigenvalue weighted by Crippen LogP contribution is 2.44. The van der Waals surface area contributed by atoms with E-state index in [9.17, 15) is 0 Å². The van der Waals surface area contributed by atoms with E-state index < -0.39 is 0 Å². The fraction of sp³-hybridized carbons (Fsp3) is 0.833. The number of hydrogen-bond donors (Lipinski definition) is 0. The van der Waals surface area contributed by atoms with Crippen molar-refractivity contribution in [3.8, 4) is 0 Å². The summed E-state index contributed by atoms with van der Waals surface area (Å²) in [6.07, 6.45) is 9.12. The predicted octanol–water partition coefficient (Wildman–Crippen LogP) is 3.73. The normalized spacial score (nSPS) is 44.4. The van der Waals surface area contributed by atoms with Crippen LogP contribution in [0.15, 0.2) is 11.6 Å². The van der Waals surface area contributed by atoms with Crippen LogP contribution in [0, 0.1) is 17.8 Å². The van der Waals surface area contributed by atoms with Gasteiger partial charge in [0.2, 0.25) is 0 Å². The predicted molar refractivity (Wildman–Crippen MR) is 61.1 cm³/mol. The van der Waals surface area contributed by atoms with Crippen LogP contribution >= 0.6 is 11.8 Å². The van der Waals surface area contributed by atoms with E-state index in [1.807, 2.05) is 0 Å². The highest BCUT2D eigenvalue weighted by atomic mass is 32.2. The first-order valence-electron chi connectivity index (χ1n) is 5.44. The summed E-state index contributed by atoms with van der Waals surface area (Å²) in [5.74, 6) is 2.76. The summed E-state index contributed by atoms with van der Waals surface area (Å²) in [7, 11) is 0. The maximum Gasteiger partial charge on any atom is 0.0279 e. The van der Waals surface area contributed by atoms with Gasteiger partial charge in [-0.2, -0.15) is 11.8 Å². The zero-order valence-corrected chi connectivity index (χ0v) is 9.73. The third-order valence-corrected chi connectivity index (χ3v) is 4.84. The van der Waals surface area contributed by atoms with E-state index in [1.54, 1.807) is 5.57 Å². The van der Waals surface area contributed by atoms with E-state index in [4.69, 9.17) is 0 Å². The quantitative estimate of drug-likeness (QED) is 0.576. The number of allylic oxidation sites excluding steroid dienone is 1. The Balaban J connectivity index is 2.21. The Bertz CT molecular complexity index is 219. The highest BCUT2D eigenvalue weighted by Gasteiger charge is 2.33. The molecule has 0 aromatic carbocycles. The first-order valence-corrected chi connectivity index (χ1v) is 6.73. The monoisotopic (exact) mass is 196 g/mol. The summed E-state index contributed by atoms with van der Waals surface area (Å²) in [5.41, 5.74) is 1.76. The van der Waals surface area contributed by atoms with E-state index in [2.05, 4.69) is 37.9 Å². The first-order chi connectivity index (χ1) is 6.20. The molecule has 13 heavy (non-hydrogen) atoms. The van der Waals surface area contributed by atoms with Crippen molar-refractivity contribution in [2.75, 3.05) is 6.26 Å². The molecular formula is C12H20S.